The number of aromatic nitrogens is 2. The summed E-state index contributed by atoms with van der Waals surface area (Å²) in [6, 6.07) is 10.5. The standard InChI is InChI=1S/C12H13N3/c13-10-6-11-12(14-8-15(11)7-10)9-4-2-1-3-5-9/h1-5,8,10H,6-7,13H2. The lowest BCUT2D eigenvalue weighted by Crippen LogP contribution is -2.20. The van der Waals surface area contributed by atoms with E-state index < -0.39 is 0 Å². The van der Waals surface area contributed by atoms with Crippen LogP contribution in [0.1, 0.15) is 5.69 Å². The third-order valence-corrected chi connectivity index (χ3v) is 2.88. The SMILES string of the molecule is NC1Cc2c(-c3ccccc3)ncn2C1. The molecule has 1 aromatic carbocycles. The lowest BCUT2D eigenvalue weighted by atomic mass is 10.1. The molecule has 2 N–H and O–H groups in total. The predicted molar refractivity (Wildman–Crippen MR) is 59.3 cm³/mol. The Kier molecular flexibility index (Phi) is 1.86. The van der Waals surface area contributed by atoms with Gasteiger partial charge in [-0.2, -0.15) is 0 Å². The highest BCUT2D eigenvalue weighted by Crippen LogP contribution is 2.26. The first-order valence-electron chi connectivity index (χ1n) is 5.19. The molecule has 15 heavy (non-hydrogen) atoms. The van der Waals surface area contributed by atoms with E-state index in [1.807, 2.05) is 24.5 Å². The minimum Gasteiger partial charge on any atom is -0.332 e. The predicted octanol–water partition coefficient (Wildman–Crippen LogP) is 1.43. The number of rotatable bonds is 1. The van der Waals surface area contributed by atoms with Crippen LogP contribution < -0.4 is 5.73 Å². The van der Waals surface area contributed by atoms with Crippen molar-refractivity contribution in [3.05, 3.63) is 42.4 Å². The van der Waals surface area contributed by atoms with Crippen molar-refractivity contribution in [2.24, 2.45) is 5.73 Å². The van der Waals surface area contributed by atoms with Crippen LogP contribution in [0.3, 0.4) is 0 Å². The molecule has 1 aliphatic heterocycles. The summed E-state index contributed by atoms with van der Waals surface area (Å²) in [5.41, 5.74) is 9.47. The first-order valence-corrected chi connectivity index (χ1v) is 5.19. The molecule has 3 heteroatoms. The average molecular weight is 199 g/mol. The Morgan fingerprint density at radius 1 is 1.27 bits per heavy atom. The van der Waals surface area contributed by atoms with Crippen molar-refractivity contribution in [1.82, 2.24) is 9.55 Å². The average Bonchev–Trinajstić information content (AvgIpc) is 2.77. The Hall–Kier alpha value is -1.61. The van der Waals surface area contributed by atoms with E-state index in [-0.39, 0.29) is 6.04 Å². The van der Waals surface area contributed by atoms with Gasteiger partial charge in [-0.3, -0.25) is 0 Å². The Bertz CT molecular complexity index is 473. The number of nitrogens with two attached hydrogens (primary N) is 1. The number of nitrogens with zero attached hydrogens (tertiary/aromatic N) is 2. The minimum atomic E-state index is 0.255. The zero-order valence-electron chi connectivity index (χ0n) is 8.43. The van der Waals surface area contributed by atoms with Crippen molar-refractivity contribution < 1.29 is 0 Å². The fraction of sp³-hybridized carbons (Fsp3) is 0.250. The highest BCUT2D eigenvalue weighted by molar-refractivity contribution is 5.62. The van der Waals surface area contributed by atoms with Gasteiger partial charge in [-0.25, -0.2) is 4.98 Å². The summed E-state index contributed by atoms with van der Waals surface area (Å²) in [5.74, 6) is 0. The highest BCUT2D eigenvalue weighted by atomic mass is 15.1. The summed E-state index contributed by atoms with van der Waals surface area (Å²) in [5, 5.41) is 0. The normalized spacial score (nSPS) is 19.1. The monoisotopic (exact) mass is 199 g/mol. The number of imidazole rings is 1. The lowest BCUT2D eigenvalue weighted by Gasteiger charge is -2.00. The van der Waals surface area contributed by atoms with Gasteiger partial charge in [0.2, 0.25) is 0 Å². The van der Waals surface area contributed by atoms with Crippen molar-refractivity contribution in [2.45, 2.75) is 19.0 Å². The van der Waals surface area contributed by atoms with Crippen molar-refractivity contribution >= 4 is 0 Å². The first-order chi connectivity index (χ1) is 7.34. The highest BCUT2D eigenvalue weighted by Gasteiger charge is 2.22. The second-order valence-electron chi connectivity index (χ2n) is 4.02. The molecule has 2 aromatic rings. The van der Waals surface area contributed by atoms with E-state index in [0.29, 0.717) is 0 Å². The quantitative estimate of drug-likeness (QED) is 0.755. The van der Waals surface area contributed by atoms with Crippen LogP contribution in [-0.4, -0.2) is 15.6 Å². The Labute approximate surface area is 88.6 Å². The number of hydrogen-bond donors (Lipinski definition) is 1. The molecule has 0 saturated heterocycles. The lowest BCUT2D eigenvalue weighted by molar-refractivity contribution is 0.636. The molecule has 2 heterocycles. The molecule has 0 amide bonds. The fourth-order valence-corrected chi connectivity index (χ4v) is 2.18. The maximum absolute atomic E-state index is 5.93. The van der Waals surface area contributed by atoms with Crippen molar-refractivity contribution in [1.29, 1.82) is 0 Å². The van der Waals surface area contributed by atoms with Crippen LogP contribution in [0.4, 0.5) is 0 Å². The van der Waals surface area contributed by atoms with Crippen LogP contribution in [0.15, 0.2) is 36.7 Å². The summed E-state index contributed by atoms with van der Waals surface area (Å²) in [4.78, 5) is 4.45. The van der Waals surface area contributed by atoms with Gasteiger partial charge in [0.1, 0.15) is 0 Å². The second kappa shape index (κ2) is 3.21. The first kappa shape index (κ1) is 8.68. The van der Waals surface area contributed by atoms with E-state index in [4.69, 9.17) is 5.73 Å². The Balaban J connectivity index is 2.08. The van der Waals surface area contributed by atoms with Gasteiger partial charge in [-0.1, -0.05) is 30.3 Å². The number of fused-ring (bicyclic) bond motifs is 1. The van der Waals surface area contributed by atoms with E-state index >= 15 is 0 Å². The van der Waals surface area contributed by atoms with E-state index in [0.717, 1.165) is 18.7 Å². The summed E-state index contributed by atoms with van der Waals surface area (Å²) in [6.45, 7) is 0.898. The van der Waals surface area contributed by atoms with Crippen LogP contribution in [0.2, 0.25) is 0 Å². The summed E-state index contributed by atoms with van der Waals surface area (Å²) in [7, 11) is 0. The van der Waals surface area contributed by atoms with Crippen LogP contribution >= 0.6 is 0 Å². The van der Waals surface area contributed by atoms with E-state index in [2.05, 4.69) is 21.7 Å². The maximum Gasteiger partial charge on any atom is 0.0956 e. The zero-order chi connectivity index (χ0) is 10.3. The molecular weight excluding hydrogens is 186 g/mol. The van der Waals surface area contributed by atoms with Gasteiger partial charge in [-0.05, 0) is 0 Å². The molecule has 3 rings (SSSR count). The van der Waals surface area contributed by atoms with E-state index in [1.165, 1.54) is 11.3 Å². The fourth-order valence-electron chi connectivity index (χ4n) is 2.18. The van der Waals surface area contributed by atoms with Gasteiger partial charge in [-0.15, -0.1) is 0 Å². The largest absolute Gasteiger partial charge is 0.332 e. The van der Waals surface area contributed by atoms with Gasteiger partial charge in [0.15, 0.2) is 0 Å². The van der Waals surface area contributed by atoms with Crippen LogP contribution in [0.5, 0.6) is 0 Å². The van der Waals surface area contributed by atoms with Gasteiger partial charge in [0.05, 0.1) is 12.0 Å². The molecule has 1 aliphatic rings. The summed E-state index contributed by atoms with van der Waals surface area (Å²) >= 11 is 0. The number of hydrogen-bond acceptors (Lipinski definition) is 2. The van der Waals surface area contributed by atoms with E-state index in [1.54, 1.807) is 0 Å². The molecular formula is C12H13N3. The maximum atomic E-state index is 5.93. The summed E-state index contributed by atoms with van der Waals surface area (Å²) in [6.07, 6.45) is 2.83. The van der Waals surface area contributed by atoms with Crippen LogP contribution in [0.25, 0.3) is 11.3 Å². The molecule has 1 atom stereocenters. The topological polar surface area (TPSA) is 43.8 Å². The smallest absolute Gasteiger partial charge is 0.0956 e. The van der Waals surface area contributed by atoms with Gasteiger partial charge >= 0.3 is 0 Å². The molecule has 0 saturated carbocycles. The molecule has 0 aliphatic carbocycles. The van der Waals surface area contributed by atoms with Gasteiger partial charge < -0.3 is 10.3 Å². The number of benzene rings is 1. The van der Waals surface area contributed by atoms with Crippen molar-refractivity contribution in [3.63, 3.8) is 0 Å². The van der Waals surface area contributed by atoms with Crippen molar-refractivity contribution in [3.8, 4) is 11.3 Å². The molecule has 76 valence electrons. The second-order valence-corrected chi connectivity index (χ2v) is 4.02. The van der Waals surface area contributed by atoms with Gasteiger partial charge in [0.25, 0.3) is 0 Å². The molecule has 3 nitrogen and oxygen atoms in total. The molecule has 0 spiro atoms. The van der Waals surface area contributed by atoms with Crippen LogP contribution in [-0.2, 0) is 13.0 Å². The zero-order valence-corrected chi connectivity index (χ0v) is 8.43. The molecule has 1 unspecified atom stereocenters. The van der Waals surface area contributed by atoms with Crippen molar-refractivity contribution in [2.75, 3.05) is 0 Å². The summed E-state index contributed by atoms with van der Waals surface area (Å²) < 4.78 is 2.16. The van der Waals surface area contributed by atoms with Crippen LogP contribution in [0, 0.1) is 0 Å². The Morgan fingerprint density at radius 2 is 2.07 bits per heavy atom. The third kappa shape index (κ3) is 1.36. The van der Waals surface area contributed by atoms with E-state index in [9.17, 15) is 0 Å². The third-order valence-electron chi connectivity index (χ3n) is 2.88. The molecule has 0 fully saturated rings. The van der Waals surface area contributed by atoms with Gasteiger partial charge in [0, 0.05) is 30.3 Å². The Morgan fingerprint density at radius 3 is 2.87 bits per heavy atom. The molecule has 0 bridgehead atoms. The molecule has 1 aromatic heterocycles. The molecule has 0 radical (unpaired) electrons. The minimum absolute atomic E-state index is 0.255.